The van der Waals surface area contributed by atoms with E-state index in [4.69, 9.17) is 15.2 Å². The average Bonchev–Trinajstić information content (AvgIpc) is 3.73. The van der Waals surface area contributed by atoms with Gasteiger partial charge in [-0.1, -0.05) is 6.07 Å². The number of nitrogen functional groups attached to an aromatic ring is 1. The van der Waals surface area contributed by atoms with Crippen molar-refractivity contribution >= 4 is 43.1 Å². The fourth-order valence-electron chi connectivity index (χ4n) is 6.69. The summed E-state index contributed by atoms with van der Waals surface area (Å²) in [6.45, 7) is -1.26. The Balaban J connectivity index is 1.47. The first-order chi connectivity index (χ1) is 22.2. The number of alkyl halides is 6. The second kappa shape index (κ2) is 11.0. The highest BCUT2D eigenvalue weighted by atomic mass is 32.1. The first-order valence-corrected chi connectivity index (χ1v) is 15.3. The summed E-state index contributed by atoms with van der Waals surface area (Å²) in [5.41, 5.74) is -0.421. The minimum atomic E-state index is -5.16. The van der Waals surface area contributed by atoms with E-state index in [0.29, 0.717) is 17.4 Å². The van der Waals surface area contributed by atoms with Crippen LogP contribution in [0.5, 0.6) is 6.01 Å². The van der Waals surface area contributed by atoms with Crippen LogP contribution in [-0.2, 0) is 10.9 Å². The average molecular weight is 685 g/mol. The number of nitrogens with two attached hydrogens (primary N) is 1. The zero-order chi connectivity index (χ0) is 33.5. The highest BCUT2D eigenvalue weighted by molar-refractivity contribution is 7.23. The molecule has 47 heavy (non-hydrogen) atoms. The van der Waals surface area contributed by atoms with Crippen LogP contribution in [0.25, 0.3) is 32.1 Å². The molecule has 2 aromatic heterocycles. The minimum Gasteiger partial charge on any atom is -0.462 e. The number of hydrogen-bond donors (Lipinski definition) is 2. The van der Waals surface area contributed by atoms with Crippen molar-refractivity contribution in [2.45, 2.75) is 43.7 Å². The number of nitriles is 1. The summed E-state index contributed by atoms with van der Waals surface area (Å²) in [5.74, 6) is -2.51. The van der Waals surface area contributed by atoms with Crippen molar-refractivity contribution in [2.24, 2.45) is 5.41 Å². The number of anilines is 2. The number of ether oxygens (including phenoxy) is 2. The molecule has 8 nitrogen and oxygen atoms in total. The molecule has 0 saturated carbocycles. The molecule has 0 radical (unpaired) electrons. The number of thiophene rings is 1. The van der Waals surface area contributed by atoms with E-state index in [1.807, 2.05) is 0 Å². The Hall–Kier alpha value is -4.01. The number of rotatable bonds is 5. The zero-order valence-corrected chi connectivity index (χ0v) is 25.0. The third-order valence-corrected chi connectivity index (χ3v) is 10.1. The van der Waals surface area contributed by atoms with Crippen molar-refractivity contribution in [3.63, 3.8) is 0 Å². The van der Waals surface area contributed by atoms with Crippen molar-refractivity contribution in [1.29, 1.82) is 5.26 Å². The Labute approximate surface area is 265 Å². The van der Waals surface area contributed by atoms with Gasteiger partial charge in [0.2, 0.25) is 0 Å². The molecule has 0 spiro atoms. The molecule has 0 amide bonds. The van der Waals surface area contributed by atoms with Gasteiger partial charge in [-0.05, 0) is 37.0 Å². The second-order valence-electron chi connectivity index (χ2n) is 12.0. The number of hydrogen-bond acceptors (Lipinski definition) is 9. The largest absolute Gasteiger partial charge is 0.462 e. The van der Waals surface area contributed by atoms with Gasteiger partial charge < -0.3 is 25.4 Å². The number of aromatic nitrogens is 2. The van der Waals surface area contributed by atoms with Crippen molar-refractivity contribution in [1.82, 2.24) is 15.3 Å². The predicted molar refractivity (Wildman–Crippen MR) is 156 cm³/mol. The molecule has 0 aliphatic carbocycles. The van der Waals surface area contributed by atoms with Gasteiger partial charge in [-0.25, -0.2) is 8.78 Å². The lowest BCUT2D eigenvalue weighted by atomic mass is 9.87. The van der Waals surface area contributed by atoms with Crippen LogP contribution in [0.15, 0.2) is 18.2 Å². The summed E-state index contributed by atoms with van der Waals surface area (Å²) in [6, 6.07) is 3.45. The molecule has 3 N–H and O–H groups in total. The molecule has 4 aromatic rings. The van der Waals surface area contributed by atoms with Gasteiger partial charge >= 0.3 is 18.4 Å². The lowest BCUT2D eigenvalue weighted by Crippen LogP contribution is -2.51. The number of piperazine rings is 1. The van der Waals surface area contributed by atoms with E-state index in [0.717, 1.165) is 25.0 Å². The number of halogens is 8. The molecule has 3 saturated heterocycles. The van der Waals surface area contributed by atoms with Crippen LogP contribution in [-0.4, -0.2) is 61.1 Å². The van der Waals surface area contributed by atoms with Crippen molar-refractivity contribution in [3.8, 4) is 23.2 Å². The number of benzene rings is 2. The summed E-state index contributed by atoms with van der Waals surface area (Å²) < 4.78 is 129. The summed E-state index contributed by atoms with van der Waals surface area (Å²) in [4.78, 5) is 9.94. The standard InChI is InChI=1S/C30H24F8N6O2S/c31-19-4-3-15(20-17(8-39)25(40)47-24(19)20)21-18(29(33,34)35)7-16-23(22(21)32)42-27(46-12-28(30(36,37)38)5-6-45-11-28)43-26(16)44-9-13-1-2-14(10-44)41-13/h3-4,7,13-14,41H,1-2,5-6,9-12,40H2. The Morgan fingerprint density at radius 3 is 2.47 bits per heavy atom. The fraction of sp³-hybridized carbons (Fsp3) is 0.433. The molecule has 3 fully saturated rings. The SMILES string of the molecule is N#Cc1c(N)sc2c(F)ccc(-c3c(C(F)(F)F)cc4c(N5CC6CCC(C5)N6)nc(OCC5(C(F)(F)F)CCOC5)nc4c3F)c12. The van der Waals surface area contributed by atoms with Gasteiger partial charge in [-0.2, -0.15) is 41.6 Å². The highest BCUT2D eigenvalue weighted by Crippen LogP contribution is 2.49. The molecular formula is C30H24F8N6O2S. The van der Waals surface area contributed by atoms with E-state index in [1.54, 1.807) is 11.0 Å². The first-order valence-electron chi connectivity index (χ1n) is 14.5. The number of fused-ring (bicyclic) bond motifs is 4. The minimum absolute atomic E-state index is 0.0422. The molecule has 248 valence electrons. The monoisotopic (exact) mass is 684 g/mol. The van der Waals surface area contributed by atoms with Gasteiger partial charge in [0.15, 0.2) is 5.82 Å². The molecule has 7 rings (SSSR count). The van der Waals surface area contributed by atoms with Crippen molar-refractivity contribution in [2.75, 3.05) is 43.5 Å². The van der Waals surface area contributed by atoms with Crippen LogP contribution < -0.4 is 20.7 Å². The lowest BCUT2D eigenvalue weighted by Gasteiger charge is -2.34. The lowest BCUT2D eigenvalue weighted by molar-refractivity contribution is -0.231. The Bertz CT molecular complexity index is 1940. The maximum atomic E-state index is 16.8. The van der Waals surface area contributed by atoms with Crippen LogP contribution in [0.2, 0.25) is 0 Å². The Morgan fingerprint density at radius 1 is 1.13 bits per heavy atom. The molecule has 17 heteroatoms. The van der Waals surface area contributed by atoms with E-state index >= 15 is 4.39 Å². The van der Waals surface area contributed by atoms with Gasteiger partial charge in [0.05, 0.1) is 22.4 Å². The van der Waals surface area contributed by atoms with E-state index in [1.165, 1.54) is 0 Å². The third-order valence-electron chi connectivity index (χ3n) is 9.09. The smallest absolute Gasteiger partial charge is 0.417 e. The number of nitrogens with zero attached hydrogens (tertiary/aromatic N) is 4. The molecule has 3 atom stereocenters. The quantitative estimate of drug-likeness (QED) is 0.228. The molecule has 3 aliphatic rings. The summed E-state index contributed by atoms with van der Waals surface area (Å²) in [7, 11) is 0. The van der Waals surface area contributed by atoms with Gasteiger partial charge in [-0.3, -0.25) is 0 Å². The molecule has 3 unspecified atom stereocenters. The third kappa shape index (κ3) is 5.17. The first kappa shape index (κ1) is 31.6. The van der Waals surface area contributed by atoms with Crippen molar-refractivity contribution in [3.05, 3.63) is 41.0 Å². The van der Waals surface area contributed by atoms with Crippen molar-refractivity contribution < 1.29 is 44.6 Å². The maximum absolute atomic E-state index is 16.8. The maximum Gasteiger partial charge on any atom is 0.417 e. The molecule has 3 aliphatic heterocycles. The van der Waals surface area contributed by atoms with E-state index < -0.39 is 77.3 Å². The van der Waals surface area contributed by atoms with Gasteiger partial charge in [0, 0.05) is 48.1 Å². The Morgan fingerprint density at radius 2 is 1.85 bits per heavy atom. The van der Waals surface area contributed by atoms with Crippen LogP contribution in [0.3, 0.4) is 0 Å². The molecule has 2 aromatic carbocycles. The van der Waals surface area contributed by atoms with Gasteiger partial charge in [-0.15, -0.1) is 11.3 Å². The summed E-state index contributed by atoms with van der Waals surface area (Å²) >= 11 is 0.628. The van der Waals surface area contributed by atoms with Gasteiger partial charge in [0.1, 0.15) is 40.2 Å². The highest BCUT2D eigenvalue weighted by Gasteiger charge is 2.58. The Kier molecular flexibility index (Phi) is 7.41. The fourth-order valence-corrected chi connectivity index (χ4v) is 7.64. The van der Waals surface area contributed by atoms with Crippen LogP contribution >= 0.6 is 11.3 Å². The van der Waals surface area contributed by atoms with Crippen LogP contribution in [0, 0.1) is 28.4 Å². The summed E-state index contributed by atoms with van der Waals surface area (Å²) in [5, 5.41) is 12.3. The second-order valence-corrected chi connectivity index (χ2v) is 13.1. The zero-order valence-electron chi connectivity index (χ0n) is 24.2. The predicted octanol–water partition coefficient (Wildman–Crippen LogP) is 6.55. The molecule has 5 heterocycles. The topological polar surface area (TPSA) is 109 Å². The van der Waals surface area contributed by atoms with E-state index in [9.17, 15) is 36.0 Å². The van der Waals surface area contributed by atoms with Crippen LogP contribution in [0.1, 0.15) is 30.4 Å². The van der Waals surface area contributed by atoms with E-state index in [-0.39, 0.29) is 63.6 Å². The normalized spacial score (nSPS) is 23.2. The van der Waals surface area contributed by atoms with E-state index in [2.05, 4.69) is 15.3 Å². The van der Waals surface area contributed by atoms with Crippen LogP contribution in [0.4, 0.5) is 45.9 Å². The summed E-state index contributed by atoms with van der Waals surface area (Å²) in [6.07, 6.45) is -8.73. The molecular weight excluding hydrogens is 660 g/mol. The van der Waals surface area contributed by atoms with Gasteiger partial charge in [0.25, 0.3) is 0 Å². The molecule has 2 bridgehead atoms. The number of nitrogens with one attached hydrogen (secondary N) is 1.